The zero-order chi connectivity index (χ0) is 18.6. The number of hydrogen-bond donors (Lipinski definition) is 1. The molecule has 0 aliphatic carbocycles. The minimum absolute atomic E-state index is 0.0831. The standard InChI is InChI=1S/C22H20N4O/c1-17(18-4-8-21(9-5-18)26-15-12-23-16-26)24-22(27)19-6-10-20(11-7-19)25-13-2-3-14-25/h2-17H,1H3,(H,24,27)/t17-/m0/s1. The van der Waals surface area contributed by atoms with Gasteiger partial charge < -0.3 is 14.5 Å². The maximum absolute atomic E-state index is 12.5. The van der Waals surface area contributed by atoms with Crippen molar-refractivity contribution in [2.24, 2.45) is 0 Å². The van der Waals surface area contributed by atoms with E-state index in [2.05, 4.69) is 10.3 Å². The lowest BCUT2D eigenvalue weighted by Crippen LogP contribution is -2.26. The van der Waals surface area contributed by atoms with Crippen molar-refractivity contribution in [3.63, 3.8) is 0 Å². The summed E-state index contributed by atoms with van der Waals surface area (Å²) in [7, 11) is 0. The van der Waals surface area contributed by atoms with Crippen LogP contribution in [0.15, 0.2) is 91.8 Å². The molecule has 2 aromatic heterocycles. The average Bonchev–Trinajstić information content (AvgIpc) is 3.42. The molecular weight excluding hydrogens is 336 g/mol. The highest BCUT2D eigenvalue weighted by molar-refractivity contribution is 5.94. The van der Waals surface area contributed by atoms with Crippen LogP contribution in [0.4, 0.5) is 0 Å². The molecule has 5 nitrogen and oxygen atoms in total. The Morgan fingerprint density at radius 1 is 0.889 bits per heavy atom. The van der Waals surface area contributed by atoms with Gasteiger partial charge in [0.25, 0.3) is 5.91 Å². The van der Waals surface area contributed by atoms with Gasteiger partial charge in [0, 0.05) is 41.7 Å². The fourth-order valence-corrected chi connectivity index (χ4v) is 3.00. The summed E-state index contributed by atoms with van der Waals surface area (Å²) >= 11 is 0. The number of carbonyl (C=O) groups is 1. The van der Waals surface area contributed by atoms with Gasteiger partial charge in [-0.3, -0.25) is 4.79 Å². The summed E-state index contributed by atoms with van der Waals surface area (Å²) in [6, 6.07) is 19.5. The second-order valence-corrected chi connectivity index (χ2v) is 6.39. The summed E-state index contributed by atoms with van der Waals surface area (Å²) in [5.74, 6) is -0.0831. The molecule has 0 spiro atoms. The Balaban J connectivity index is 1.43. The van der Waals surface area contributed by atoms with Gasteiger partial charge in [-0.25, -0.2) is 4.98 Å². The molecule has 1 amide bonds. The fraction of sp³-hybridized carbons (Fsp3) is 0.0909. The third kappa shape index (κ3) is 3.67. The molecule has 0 aliphatic heterocycles. The Hall–Kier alpha value is -3.60. The van der Waals surface area contributed by atoms with E-state index in [9.17, 15) is 4.79 Å². The normalized spacial score (nSPS) is 11.9. The van der Waals surface area contributed by atoms with Gasteiger partial charge in [0.1, 0.15) is 0 Å². The van der Waals surface area contributed by atoms with E-state index in [4.69, 9.17) is 0 Å². The van der Waals surface area contributed by atoms with E-state index in [-0.39, 0.29) is 11.9 Å². The van der Waals surface area contributed by atoms with Gasteiger partial charge in [0.15, 0.2) is 0 Å². The van der Waals surface area contributed by atoms with Crippen LogP contribution in [0.2, 0.25) is 0 Å². The number of benzene rings is 2. The molecule has 4 aromatic rings. The molecule has 0 fully saturated rings. The van der Waals surface area contributed by atoms with E-state index in [1.807, 2.05) is 95.3 Å². The number of aromatic nitrogens is 3. The van der Waals surface area contributed by atoms with Crippen molar-refractivity contribution >= 4 is 5.91 Å². The average molecular weight is 356 g/mol. The van der Waals surface area contributed by atoms with Gasteiger partial charge in [0.05, 0.1) is 12.4 Å². The molecule has 4 rings (SSSR count). The first-order valence-electron chi connectivity index (χ1n) is 8.83. The lowest BCUT2D eigenvalue weighted by Gasteiger charge is -2.15. The second kappa shape index (κ2) is 7.33. The molecule has 0 radical (unpaired) electrons. The Bertz CT molecular complexity index is 1000. The number of imidazole rings is 1. The highest BCUT2D eigenvalue weighted by Gasteiger charge is 2.12. The zero-order valence-corrected chi connectivity index (χ0v) is 15.0. The molecule has 134 valence electrons. The van der Waals surface area contributed by atoms with E-state index in [1.54, 1.807) is 12.5 Å². The molecule has 27 heavy (non-hydrogen) atoms. The van der Waals surface area contributed by atoms with Crippen molar-refractivity contribution in [3.8, 4) is 11.4 Å². The zero-order valence-electron chi connectivity index (χ0n) is 15.0. The fourth-order valence-electron chi connectivity index (χ4n) is 3.00. The van der Waals surface area contributed by atoms with Gasteiger partial charge in [-0.2, -0.15) is 0 Å². The SMILES string of the molecule is C[C@H](NC(=O)c1ccc(-n2cccc2)cc1)c1ccc(-n2ccnc2)cc1. The molecule has 5 heteroatoms. The van der Waals surface area contributed by atoms with E-state index in [1.165, 1.54) is 0 Å². The van der Waals surface area contributed by atoms with E-state index >= 15 is 0 Å². The van der Waals surface area contributed by atoms with Crippen LogP contribution in [-0.4, -0.2) is 20.0 Å². The predicted molar refractivity (Wildman–Crippen MR) is 105 cm³/mol. The van der Waals surface area contributed by atoms with E-state index < -0.39 is 0 Å². The number of hydrogen-bond acceptors (Lipinski definition) is 2. The van der Waals surface area contributed by atoms with Crippen molar-refractivity contribution in [3.05, 3.63) is 103 Å². The number of rotatable bonds is 5. The molecule has 0 aliphatic rings. The van der Waals surface area contributed by atoms with Crippen molar-refractivity contribution < 1.29 is 4.79 Å². The van der Waals surface area contributed by atoms with Crippen LogP contribution in [0.1, 0.15) is 28.9 Å². The second-order valence-electron chi connectivity index (χ2n) is 6.39. The Morgan fingerprint density at radius 2 is 1.52 bits per heavy atom. The van der Waals surface area contributed by atoms with Crippen LogP contribution in [0.3, 0.4) is 0 Å². The number of nitrogens with one attached hydrogen (secondary N) is 1. The molecule has 0 saturated carbocycles. The quantitative estimate of drug-likeness (QED) is 0.584. The largest absolute Gasteiger partial charge is 0.346 e. The van der Waals surface area contributed by atoms with Crippen molar-refractivity contribution in [2.45, 2.75) is 13.0 Å². The van der Waals surface area contributed by atoms with Gasteiger partial charge in [-0.1, -0.05) is 12.1 Å². The van der Waals surface area contributed by atoms with Gasteiger partial charge >= 0.3 is 0 Å². The first kappa shape index (κ1) is 16.8. The molecule has 2 aromatic carbocycles. The first-order chi connectivity index (χ1) is 13.2. The minimum atomic E-state index is -0.0848. The van der Waals surface area contributed by atoms with Gasteiger partial charge in [-0.15, -0.1) is 0 Å². The van der Waals surface area contributed by atoms with Crippen LogP contribution in [0.5, 0.6) is 0 Å². The summed E-state index contributed by atoms with van der Waals surface area (Å²) in [6.45, 7) is 1.98. The molecule has 0 unspecified atom stereocenters. The van der Waals surface area contributed by atoms with Crippen LogP contribution in [0.25, 0.3) is 11.4 Å². The number of nitrogens with zero attached hydrogens (tertiary/aromatic N) is 3. The lowest BCUT2D eigenvalue weighted by molar-refractivity contribution is 0.0940. The molecule has 1 atom stereocenters. The molecule has 0 bridgehead atoms. The molecule has 2 heterocycles. The maximum Gasteiger partial charge on any atom is 0.251 e. The summed E-state index contributed by atoms with van der Waals surface area (Å²) in [5.41, 5.74) is 3.76. The van der Waals surface area contributed by atoms with Gasteiger partial charge in [0.2, 0.25) is 0 Å². The molecule has 1 N–H and O–H groups in total. The minimum Gasteiger partial charge on any atom is -0.346 e. The summed E-state index contributed by atoms with van der Waals surface area (Å²) in [4.78, 5) is 16.6. The Labute approximate surface area is 157 Å². The summed E-state index contributed by atoms with van der Waals surface area (Å²) < 4.78 is 3.95. The third-order valence-corrected chi connectivity index (χ3v) is 4.58. The van der Waals surface area contributed by atoms with E-state index in [0.29, 0.717) is 5.56 Å². The predicted octanol–water partition coefficient (Wildman–Crippen LogP) is 4.15. The molecular formula is C22H20N4O. The Kier molecular flexibility index (Phi) is 4.58. The van der Waals surface area contributed by atoms with Crippen molar-refractivity contribution in [1.82, 2.24) is 19.4 Å². The van der Waals surface area contributed by atoms with Crippen molar-refractivity contribution in [1.29, 1.82) is 0 Å². The first-order valence-corrected chi connectivity index (χ1v) is 8.83. The van der Waals surface area contributed by atoms with Crippen LogP contribution in [-0.2, 0) is 0 Å². The number of carbonyl (C=O) groups excluding carboxylic acids is 1. The highest BCUT2D eigenvalue weighted by atomic mass is 16.1. The third-order valence-electron chi connectivity index (χ3n) is 4.58. The van der Waals surface area contributed by atoms with Crippen LogP contribution in [0, 0.1) is 0 Å². The van der Waals surface area contributed by atoms with Gasteiger partial charge in [-0.05, 0) is 61.0 Å². The maximum atomic E-state index is 12.5. The van der Waals surface area contributed by atoms with Crippen molar-refractivity contribution in [2.75, 3.05) is 0 Å². The highest BCUT2D eigenvalue weighted by Crippen LogP contribution is 2.17. The Morgan fingerprint density at radius 3 is 2.15 bits per heavy atom. The summed E-state index contributed by atoms with van der Waals surface area (Å²) in [5, 5.41) is 3.06. The lowest BCUT2D eigenvalue weighted by atomic mass is 10.1. The molecule has 0 saturated heterocycles. The van der Waals surface area contributed by atoms with Crippen LogP contribution < -0.4 is 5.32 Å². The van der Waals surface area contributed by atoms with Crippen LogP contribution >= 0.6 is 0 Å². The smallest absolute Gasteiger partial charge is 0.251 e. The monoisotopic (exact) mass is 356 g/mol. The summed E-state index contributed by atoms with van der Waals surface area (Å²) in [6.07, 6.45) is 9.36. The number of amides is 1. The topological polar surface area (TPSA) is 51.9 Å². The van der Waals surface area contributed by atoms with E-state index in [0.717, 1.165) is 16.9 Å².